The number of carboxylic acids is 1. The quantitative estimate of drug-likeness (QED) is 0.180. The molecule has 0 bridgehead atoms. The topological polar surface area (TPSA) is 175 Å². The van der Waals surface area contributed by atoms with E-state index in [0.717, 1.165) is 0 Å². The second-order valence-electron chi connectivity index (χ2n) is 6.82. The van der Waals surface area contributed by atoms with Gasteiger partial charge in [-0.2, -0.15) is 0 Å². The molecule has 14 heteroatoms. The predicted molar refractivity (Wildman–Crippen MR) is 114 cm³/mol. The molecule has 0 spiro atoms. The molecule has 11 nitrogen and oxygen atoms in total. The van der Waals surface area contributed by atoms with Crippen LogP contribution in [0.1, 0.15) is 13.3 Å². The fourth-order valence-electron chi connectivity index (χ4n) is 3.51. The monoisotopic (exact) mass is 701 g/mol. The zero-order valence-electron chi connectivity index (χ0n) is 16.3. The molecule has 0 aromatic heterocycles. The van der Waals surface area contributed by atoms with Crippen LogP contribution in [0.5, 0.6) is 0 Å². The van der Waals surface area contributed by atoms with Gasteiger partial charge in [0.05, 0.1) is 31.3 Å². The summed E-state index contributed by atoms with van der Waals surface area (Å²) in [5, 5.41) is 59.1. The molecule has 30 heavy (non-hydrogen) atoms. The van der Waals surface area contributed by atoms with Gasteiger partial charge in [-0.05, 0) is 6.42 Å². The number of aliphatic hydroxyl groups excluding tert-OH is 5. The van der Waals surface area contributed by atoms with Gasteiger partial charge >= 0.3 is 55.4 Å². The fraction of sp³-hybridized carbons (Fsp3) is 0.938. The van der Waals surface area contributed by atoms with Crippen molar-refractivity contribution in [2.45, 2.75) is 62.5 Å². The minimum absolute atomic E-state index is 0.275. The summed E-state index contributed by atoms with van der Waals surface area (Å²) in [7, 11) is 1.93. The van der Waals surface area contributed by atoms with Crippen LogP contribution in [0.25, 0.3) is 0 Å². The molecule has 0 saturated carbocycles. The predicted octanol–water partition coefficient (Wildman–Crippen LogP) is -0.969. The Morgan fingerprint density at radius 2 is 1.57 bits per heavy atom. The third kappa shape index (κ3) is 7.33. The minimum atomic E-state index is -1.50. The van der Waals surface area contributed by atoms with Gasteiger partial charge in [0.25, 0.3) is 0 Å². The molecule has 0 aromatic rings. The van der Waals surface area contributed by atoms with E-state index in [0.29, 0.717) is 9.47 Å². The van der Waals surface area contributed by atoms with Crippen molar-refractivity contribution in [3.8, 4) is 0 Å². The van der Waals surface area contributed by atoms with E-state index in [9.17, 15) is 35.4 Å². The van der Waals surface area contributed by atoms with Crippen LogP contribution in [-0.2, 0) is 33.2 Å². The van der Waals surface area contributed by atoms with Crippen LogP contribution >= 0.6 is 40.0 Å². The molecule has 0 radical (unpaired) electrons. The van der Waals surface area contributed by atoms with Crippen molar-refractivity contribution in [1.82, 2.24) is 0 Å². The zero-order chi connectivity index (χ0) is 23.0. The zero-order valence-corrected chi connectivity index (χ0v) is 22.0. The molecule has 0 aliphatic carbocycles. The van der Waals surface area contributed by atoms with Crippen molar-refractivity contribution in [2.75, 3.05) is 20.3 Å². The molecule has 2 fully saturated rings. The summed E-state index contributed by atoms with van der Waals surface area (Å²) in [4.78, 5) is 11.4. The van der Waals surface area contributed by atoms with Crippen molar-refractivity contribution in [2.24, 2.45) is 11.8 Å². The van der Waals surface area contributed by atoms with Crippen molar-refractivity contribution in [1.29, 1.82) is 0 Å². The first-order valence-electron chi connectivity index (χ1n) is 9.11. The van der Waals surface area contributed by atoms with Gasteiger partial charge in [0.2, 0.25) is 0 Å². The molecule has 2 aliphatic rings. The van der Waals surface area contributed by atoms with Crippen LogP contribution in [0.3, 0.4) is 0 Å². The summed E-state index contributed by atoms with van der Waals surface area (Å²) in [6.07, 6.45) is -10.2. The van der Waals surface area contributed by atoms with E-state index in [1.54, 1.807) is 6.92 Å². The Labute approximate surface area is 203 Å². The maximum absolute atomic E-state index is 11.4. The van der Waals surface area contributed by atoms with Crippen LogP contribution in [0.2, 0.25) is 0 Å². The molecular weight excluding hydrogens is 673 g/mol. The number of carboxylic acid groups (broad SMARTS) is 1. The van der Waals surface area contributed by atoms with E-state index in [1.807, 2.05) is 0 Å². The van der Waals surface area contributed by atoms with Gasteiger partial charge < -0.3 is 49.6 Å². The van der Waals surface area contributed by atoms with Crippen LogP contribution in [0.4, 0.5) is 0 Å². The molecule has 6 unspecified atom stereocenters. The van der Waals surface area contributed by atoms with Gasteiger partial charge in [0, 0.05) is 13.0 Å². The third-order valence-electron chi connectivity index (χ3n) is 5.15. The van der Waals surface area contributed by atoms with Crippen LogP contribution in [-0.4, -0.2) is 106 Å². The average Bonchev–Trinajstić information content (AvgIpc) is 2.72. The Morgan fingerprint density at radius 3 is 2.03 bits per heavy atom. The number of hydrogen-bond acceptors (Lipinski definition) is 10. The van der Waals surface area contributed by atoms with Crippen LogP contribution in [0.15, 0.2) is 0 Å². The van der Waals surface area contributed by atoms with E-state index in [1.165, 1.54) is 7.11 Å². The number of rotatable bonds is 7. The third-order valence-corrected chi connectivity index (χ3v) is 5.15. The number of aliphatic hydroxyl groups is 5. The molecular formula is C16H28I2O11V. The average molecular weight is 701 g/mol. The van der Waals surface area contributed by atoms with Crippen molar-refractivity contribution >= 4 is 45.9 Å². The number of hydrogen-bond donors (Lipinski definition) is 6. The molecule has 177 valence electrons. The SMILES string of the molecule is CC[C@@H]1C(C(=O)O)O[C@@H](OCC2C(O)[C@H](O)C(CO)O[C@@H]2OC)C(O)C1O.[I][V][I]. The summed E-state index contributed by atoms with van der Waals surface area (Å²) < 4.78 is 21.2. The van der Waals surface area contributed by atoms with E-state index in [-0.39, 0.29) is 13.0 Å². The standard InChI is InChI=1S/C16H28O11.2HI.V/c1-3-6-9(18)12(21)16(27-13(6)14(22)23)25-5-7-10(19)11(20)8(4-17)26-15(7)24-2;;;/h6-13,15-21H,3-5H2,1-2H3,(H,22,23);2*1H;/q;;;+2/p-2/t6-,7?,8?,9?,10?,11+,12?,13?,15-,16+;;;/m0.../s1. The van der Waals surface area contributed by atoms with E-state index >= 15 is 0 Å². The number of ether oxygens (including phenoxy) is 4. The molecule has 0 aromatic carbocycles. The molecule has 0 amide bonds. The van der Waals surface area contributed by atoms with Gasteiger partial charge in [-0.25, -0.2) is 4.79 Å². The van der Waals surface area contributed by atoms with E-state index in [2.05, 4.69) is 40.0 Å². The van der Waals surface area contributed by atoms with Gasteiger partial charge in [0.1, 0.15) is 18.3 Å². The first kappa shape index (κ1) is 29.2. The molecule has 2 rings (SSSR count). The second kappa shape index (κ2) is 14.4. The number of halogens is 2. The van der Waals surface area contributed by atoms with Gasteiger partial charge in [-0.3, -0.25) is 0 Å². The second-order valence-corrected chi connectivity index (χ2v) is 18.6. The molecule has 2 saturated heterocycles. The Balaban J connectivity index is 0.00000141. The Morgan fingerprint density at radius 1 is 1.00 bits per heavy atom. The van der Waals surface area contributed by atoms with Crippen molar-refractivity contribution in [3.63, 3.8) is 0 Å². The number of carbonyl (C=O) groups is 1. The van der Waals surface area contributed by atoms with E-state index in [4.69, 9.17) is 18.9 Å². The molecule has 6 N–H and O–H groups in total. The van der Waals surface area contributed by atoms with Crippen molar-refractivity contribution < 1.29 is 63.8 Å². The molecule has 2 heterocycles. The summed E-state index contributed by atoms with van der Waals surface area (Å²) in [6, 6.07) is 0. The van der Waals surface area contributed by atoms with Gasteiger partial charge in [-0.1, -0.05) is 6.92 Å². The Kier molecular flexibility index (Phi) is 14.0. The maximum atomic E-state index is 11.4. The van der Waals surface area contributed by atoms with Gasteiger partial charge in [-0.15, -0.1) is 0 Å². The number of aliphatic carboxylic acids is 1. The summed E-state index contributed by atoms with van der Waals surface area (Å²) >= 11 is 4.74. The van der Waals surface area contributed by atoms with Crippen LogP contribution in [0, 0.1) is 11.8 Å². The van der Waals surface area contributed by atoms with Crippen LogP contribution < -0.4 is 0 Å². The van der Waals surface area contributed by atoms with E-state index < -0.39 is 73.6 Å². The first-order chi connectivity index (χ1) is 14.2. The first-order valence-corrected chi connectivity index (χ1v) is 18.1. The van der Waals surface area contributed by atoms with Gasteiger partial charge in [0.15, 0.2) is 18.7 Å². The fourth-order valence-corrected chi connectivity index (χ4v) is 3.51. The summed E-state index contributed by atoms with van der Waals surface area (Å²) in [5.74, 6) is -3.01. The Hall–Kier alpha value is 1.15. The normalized spacial score (nSPS) is 41.5. The molecule has 10 atom stereocenters. The summed E-state index contributed by atoms with van der Waals surface area (Å²) in [5.41, 5.74) is 0. The molecule has 2 aliphatic heterocycles. The summed E-state index contributed by atoms with van der Waals surface area (Å²) in [6.45, 7) is 0.812. The number of methoxy groups -OCH3 is 1. The Bertz CT molecular complexity index is 518. The van der Waals surface area contributed by atoms with Crippen molar-refractivity contribution in [3.05, 3.63) is 0 Å².